The lowest BCUT2D eigenvalue weighted by molar-refractivity contribution is 0.0766. The first-order valence-corrected chi connectivity index (χ1v) is 8.23. The van der Waals surface area contributed by atoms with E-state index in [1.807, 2.05) is 34.5 Å². The summed E-state index contributed by atoms with van der Waals surface area (Å²) in [7, 11) is 0. The molecule has 3 nitrogen and oxygen atoms in total. The van der Waals surface area contributed by atoms with E-state index < -0.39 is 0 Å². The molecule has 0 fully saturated rings. The highest BCUT2D eigenvalue weighted by Gasteiger charge is 2.18. The van der Waals surface area contributed by atoms with Crippen LogP contribution in [-0.2, 0) is 12.8 Å². The van der Waals surface area contributed by atoms with Crippen LogP contribution >= 0.6 is 11.3 Å². The Bertz CT molecular complexity index is 565. The lowest BCUT2D eigenvalue weighted by Crippen LogP contribution is -2.36. The molecule has 0 atom stereocenters. The van der Waals surface area contributed by atoms with Gasteiger partial charge in [0.25, 0.3) is 5.91 Å². The van der Waals surface area contributed by atoms with Crippen LogP contribution in [-0.4, -0.2) is 30.4 Å². The molecule has 0 radical (unpaired) electrons. The van der Waals surface area contributed by atoms with E-state index in [0.29, 0.717) is 19.6 Å². The van der Waals surface area contributed by atoms with Crippen molar-refractivity contribution in [2.75, 3.05) is 19.6 Å². The first kappa shape index (κ1) is 15.7. The molecule has 0 saturated heterocycles. The summed E-state index contributed by atoms with van der Waals surface area (Å²) in [5, 5.41) is 1.99. The third-order valence-electron chi connectivity index (χ3n) is 3.52. The van der Waals surface area contributed by atoms with Crippen LogP contribution in [0.1, 0.15) is 27.7 Å². The largest absolute Gasteiger partial charge is 0.336 e. The summed E-state index contributed by atoms with van der Waals surface area (Å²) < 4.78 is 0. The number of amides is 1. The minimum absolute atomic E-state index is 0.114. The van der Waals surface area contributed by atoms with Crippen LogP contribution in [0.15, 0.2) is 41.8 Å². The average Bonchev–Trinajstić information content (AvgIpc) is 3.00. The van der Waals surface area contributed by atoms with E-state index in [0.717, 1.165) is 23.3 Å². The highest BCUT2D eigenvalue weighted by Crippen LogP contribution is 2.19. The van der Waals surface area contributed by atoms with Gasteiger partial charge in [0.05, 0.1) is 4.88 Å². The van der Waals surface area contributed by atoms with Crippen molar-refractivity contribution in [1.82, 2.24) is 4.90 Å². The highest BCUT2D eigenvalue weighted by molar-refractivity contribution is 7.12. The molecule has 1 heterocycles. The molecule has 0 aliphatic rings. The van der Waals surface area contributed by atoms with E-state index in [2.05, 4.69) is 19.1 Å². The van der Waals surface area contributed by atoms with E-state index in [4.69, 9.17) is 5.73 Å². The van der Waals surface area contributed by atoms with Crippen molar-refractivity contribution in [3.8, 4) is 0 Å². The second kappa shape index (κ2) is 7.96. The van der Waals surface area contributed by atoms with Gasteiger partial charge in [0.1, 0.15) is 0 Å². The lowest BCUT2D eigenvalue weighted by atomic mass is 10.1. The van der Waals surface area contributed by atoms with Crippen LogP contribution in [0.2, 0.25) is 0 Å². The quantitative estimate of drug-likeness (QED) is 0.854. The summed E-state index contributed by atoms with van der Waals surface area (Å²) in [6.07, 6.45) is 1.75. The molecule has 2 aromatic rings. The Morgan fingerprint density at radius 2 is 1.95 bits per heavy atom. The third kappa shape index (κ3) is 4.16. The zero-order chi connectivity index (χ0) is 15.1. The van der Waals surface area contributed by atoms with E-state index in [9.17, 15) is 4.79 Å². The number of aryl methyl sites for hydroxylation is 1. The Hall–Kier alpha value is -1.65. The minimum atomic E-state index is 0.114. The maximum absolute atomic E-state index is 12.7. The molecule has 4 heteroatoms. The van der Waals surface area contributed by atoms with Gasteiger partial charge in [0, 0.05) is 19.6 Å². The molecule has 2 rings (SSSR count). The fraction of sp³-hybridized carbons (Fsp3) is 0.353. The van der Waals surface area contributed by atoms with Crippen molar-refractivity contribution in [3.63, 3.8) is 0 Å². The third-order valence-corrected chi connectivity index (χ3v) is 4.47. The second-order valence-corrected chi connectivity index (χ2v) is 5.86. The van der Waals surface area contributed by atoms with Gasteiger partial charge in [-0.25, -0.2) is 0 Å². The molecule has 0 unspecified atom stereocenters. The van der Waals surface area contributed by atoms with Crippen molar-refractivity contribution < 1.29 is 4.79 Å². The lowest BCUT2D eigenvalue weighted by Gasteiger charge is -2.22. The Morgan fingerprint density at radius 3 is 2.62 bits per heavy atom. The standard InChI is InChI=1S/C17H22N2OS/c1-2-15-9-13-21-16(15)17(20)19(12-10-18)11-8-14-6-4-3-5-7-14/h3-7,9,13H,2,8,10-12,18H2,1H3. The molecule has 0 saturated carbocycles. The Balaban J connectivity index is 2.06. The summed E-state index contributed by atoms with van der Waals surface area (Å²) in [5.41, 5.74) is 8.05. The van der Waals surface area contributed by atoms with E-state index in [-0.39, 0.29) is 5.91 Å². The van der Waals surface area contributed by atoms with Crippen molar-refractivity contribution in [2.45, 2.75) is 19.8 Å². The summed E-state index contributed by atoms with van der Waals surface area (Å²) >= 11 is 1.53. The fourth-order valence-corrected chi connectivity index (χ4v) is 3.29. The van der Waals surface area contributed by atoms with Gasteiger partial charge < -0.3 is 10.6 Å². The van der Waals surface area contributed by atoms with Crippen molar-refractivity contribution in [1.29, 1.82) is 0 Å². The SMILES string of the molecule is CCc1ccsc1C(=O)N(CCN)CCc1ccccc1. The van der Waals surface area contributed by atoms with Gasteiger partial charge in [-0.3, -0.25) is 4.79 Å². The van der Waals surface area contributed by atoms with Gasteiger partial charge in [-0.05, 0) is 35.4 Å². The molecule has 1 aromatic heterocycles. The summed E-state index contributed by atoms with van der Waals surface area (Å²) in [6, 6.07) is 12.3. The summed E-state index contributed by atoms with van der Waals surface area (Å²) in [6.45, 7) is 3.89. The number of nitrogens with zero attached hydrogens (tertiary/aromatic N) is 1. The smallest absolute Gasteiger partial charge is 0.264 e. The zero-order valence-electron chi connectivity index (χ0n) is 12.4. The van der Waals surface area contributed by atoms with Gasteiger partial charge in [-0.15, -0.1) is 11.3 Å². The molecule has 0 bridgehead atoms. The van der Waals surface area contributed by atoms with Crippen LogP contribution in [0.5, 0.6) is 0 Å². The highest BCUT2D eigenvalue weighted by atomic mass is 32.1. The van der Waals surface area contributed by atoms with Gasteiger partial charge in [0.15, 0.2) is 0 Å². The predicted octanol–water partition coefficient (Wildman–Crippen LogP) is 2.95. The van der Waals surface area contributed by atoms with E-state index >= 15 is 0 Å². The van der Waals surface area contributed by atoms with Crippen LogP contribution in [0.4, 0.5) is 0 Å². The molecular weight excluding hydrogens is 280 g/mol. The van der Waals surface area contributed by atoms with Crippen LogP contribution in [0.25, 0.3) is 0 Å². The molecule has 0 spiro atoms. The molecule has 0 aliphatic carbocycles. The van der Waals surface area contributed by atoms with E-state index in [1.54, 1.807) is 0 Å². The van der Waals surface area contributed by atoms with Crippen LogP contribution < -0.4 is 5.73 Å². The number of rotatable bonds is 7. The number of nitrogens with two attached hydrogens (primary N) is 1. The van der Waals surface area contributed by atoms with Crippen molar-refractivity contribution >= 4 is 17.2 Å². The van der Waals surface area contributed by atoms with Crippen molar-refractivity contribution in [3.05, 3.63) is 57.8 Å². The normalized spacial score (nSPS) is 10.6. The van der Waals surface area contributed by atoms with Crippen LogP contribution in [0, 0.1) is 0 Å². The number of hydrogen-bond donors (Lipinski definition) is 1. The number of carbonyl (C=O) groups excluding carboxylic acids is 1. The molecule has 0 aliphatic heterocycles. The van der Waals surface area contributed by atoms with Gasteiger partial charge in [-0.1, -0.05) is 37.3 Å². The van der Waals surface area contributed by atoms with Gasteiger partial charge >= 0.3 is 0 Å². The van der Waals surface area contributed by atoms with Crippen LogP contribution in [0.3, 0.4) is 0 Å². The Kier molecular flexibility index (Phi) is 5.96. The maximum Gasteiger partial charge on any atom is 0.264 e. The number of hydrogen-bond acceptors (Lipinski definition) is 3. The van der Waals surface area contributed by atoms with E-state index in [1.165, 1.54) is 16.9 Å². The average molecular weight is 302 g/mol. The fourth-order valence-electron chi connectivity index (χ4n) is 2.32. The van der Waals surface area contributed by atoms with Crippen molar-refractivity contribution in [2.24, 2.45) is 5.73 Å². The molecule has 1 amide bonds. The molecule has 21 heavy (non-hydrogen) atoms. The first-order valence-electron chi connectivity index (χ1n) is 7.36. The molecule has 1 aromatic carbocycles. The Morgan fingerprint density at radius 1 is 1.19 bits per heavy atom. The predicted molar refractivity (Wildman–Crippen MR) is 88.8 cm³/mol. The molecule has 2 N–H and O–H groups in total. The number of carbonyl (C=O) groups is 1. The summed E-state index contributed by atoms with van der Waals surface area (Å²) in [5.74, 6) is 0.114. The Labute approximate surface area is 130 Å². The monoisotopic (exact) mass is 302 g/mol. The number of thiophene rings is 1. The zero-order valence-corrected chi connectivity index (χ0v) is 13.2. The second-order valence-electron chi connectivity index (χ2n) is 4.94. The molecule has 112 valence electrons. The topological polar surface area (TPSA) is 46.3 Å². The van der Waals surface area contributed by atoms with Gasteiger partial charge in [0.2, 0.25) is 0 Å². The molecular formula is C17H22N2OS. The minimum Gasteiger partial charge on any atom is -0.336 e. The first-order chi connectivity index (χ1) is 10.3. The maximum atomic E-state index is 12.7. The van der Waals surface area contributed by atoms with Gasteiger partial charge in [-0.2, -0.15) is 0 Å². The summed E-state index contributed by atoms with van der Waals surface area (Å²) in [4.78, 5) is 15.4. The number of benzene rings is 1.